The molecule has 2 aliphatic heterocycles. The molecule has 0 aliphatic carbocycles. The van der Waals surface area contributed by atoms with Gasteiger partial charge in [-0.05, 0) is 140 Å². The third kappa shape index (κ3) is 10.5. The first kappa shape index (κ1) is 50.4. The fraction of sp³-hybridized carbons (Fsp3) is 0.246. The molecule has 8 bridgehead atoms. The Morgan fingerprint density at radius 1 is 0.473 bits per heavy atom. The number of aromatic nitrogens is 4. The van der Waals surface area contributed by atoms with Gasteiger partial charge < -0.3 is 15.1 Å². The number of nitrogens with zero attached hydrogens (tertiary/aromatic N) is 3. The highest BCUT2D eigenvalue weighted by Crippen LogP contribution is 2.40. The molecule has 74 heavy (non-hydrogen) atoms. The number of hydrogen-bond acceptors (Lipinski definition) is 5. The number of rotatable bonds is 4. The number of nitro groups is 1. The van der Waals surface area contributed by atoms with E-state index in [0.717, 1.165) is 55.7 Å². The highest BCUT2D eigenvalue weighted by Gasteiger charge is 2.26. The Morgan fingerprint density at radius 3 is 1.19 bits per heavy atom. The molecule has 9 nitrogen and oxygen atoms in total. The van der Waals surface area contributed by atoms with E-state index in [1.54, 1.807) is 36.4 Å². The van der Waals surface area contributed by atoms with Crippen LogP contribution in [0.1, 0.15) is 161 Å². The third-order valence-electron chi connectivity index (χ3n) is 13.5. The molecule has 4 aromatic carbocycles. The van der Waals surface area contributed by atoms with Crippen LogP contribution < -0.4 is 0 Å². The van der Waals surface area contributed by atoms with Crippen LogP contribution in [0.4, 0.5) is 5.69 Å². The molecule has 0 saturated carbocycles. The number of carbonyl (C=O) groups is 1. The number of non-ortho nitro benzene ring substituents is 1. The van der Waals surface area contributed by atoms with Gasteiger partial charge in [-0.3, -0.25) is 10.1 Å². The Hall–Kier alpha value is -8.53. The lowest BCUT2D eigenvalue weighted by molar-refractivity contribution is -0.384. The van der Waals surface area contributed by atoms with Crippen LogP contribution in [-0.4, -0.2) is 35.9 Å². The predicted octanol–water partition coefficient (Wildman–Crippen LogP) is 15.6. The van der Waals surface area contributed by atoms with Gasteiger partial charge >= 0.3 is 5.97 Å². The molecule has 0 fully saturated rings. The van der Waals surface area contributed by atoms with Crippen LogP contribution in [0.15, 0.2) is 109 Å². The van der Waals surface area contributed by atoms with Crippen molar-refractivity contribution in [2.75, 3.05) is 0 Å². The second-order valence-corrected chi connectivity index (χ2v) is 23.3. The fourth-order valence-electron chi connectivity index (χ4n) is 8.98. The summed E-state index contributed by atoms with van der Waals surface area (Å²) < 4.78 is 0. The molecule has 0 atom stereocenters. The fourth-order valence-corrected chi connectivity index (χ4v) is 8.98. The molecule has 3 N–H and O–H groups in total. The Kier molecular flexibility index (Phi) is 12.8. The second-order valence-electron chi connectivity index (χ2n) is 23.3. The lowest BCUT2D eigenvalue weighted by atomic mass is 9.78. The maximum Gasteiger partial charge on any atom is 0.335 e. The summed E-state index contributed by atoms with van der Waals surface area (Å²) in [6.07, 6.45) is 8.05. The van der Waals surface area contributed by atoms with E-state index >= 15 is 0 Å². The summed E-state index contributed by atoms with van der Waals surface area (Å²) in [4.78, 5) is 41.4. The van der Waals surface area contributed by atoms with Crippen LogP contribution in [0.25, 0.3) is 68.6 Å². The van der Waals surface area contributed by atoms with E-state index in [-0.39, 0.29) is 32.9 Å². The highest BCUT2D eigenvalue weighted by atomic mass is 16.6. The standard InChI is InChI=1S/C65H61N5O4/c1-62(2,3)44-33-42(34-45(37-44)63(4,5)6)59-55-29-25-51(66-55)49(23-17-39-13-19-41(20-14-39)61(71)72)52-26-30-56(67-52)60(43-35-46(64(7,8)9)38-47(36-43)65(10,11)12)58-32-28-54(69-58)50(53-27-31-57(59)68-53)24-18-40-15-21-48(22-16-40)70(73)74/h13-16,19-22,25-38,66-67H,1-12H3,(H,71,72). The van der Waals surface area contributed by atoms with Crippen molar-refractivity contribution in [1.29, 1.82) is 0 Å². The number of benzene rings is 4. The largest absolute Gasteiger partial charge is 0.478 e. The molecule has 5 heterocycles. The summed E-state index contributed by atoms with van der Waals surface area (Å²) in [5, 5.41) is 21.2. The maximum absolute atomic E-state index is 11.8. The Balaban J connectivity index is 1.45. The van der Waals surface area contributed by atoms with Gasteiger partial charge in [0, 0.05) is 45.4 Å². The van der Waals surface area contributed by atoms with Crippen molar-refractivity contribution < 1.29 is 14.8 Å². The zero-order chi connectivity index (χ0) is 53.1. The maximum atomic E-state index is 11.8. The van der Waals surface area contributed by atoms with Gasteiger partial charge in [-0.25, -0.2) is 14.8 Å². The summed E-state index contributed by atoms with van der Waals surface area (Å²) >= 11 is 0. The molecule has 370 valence electrons. The minimum absolute atomic E-state index is 0.0111. The first-order valence-corrected chi connectivity index (χ1v) is 24.9. The topological polar surface area (TPSA) is 138 Å². The molecule has 0 spiro atoms. The van der Waals surface area contributed by atoms with E-state index in [1.807, 2.05) is 24.3 Å². The van der Waals surface area contributed by atoms with E-state index < -0.39 is 10.9 Å². The minimum Gasteiger partial charge on any atom is -0.478 e. The number of aromatic carboxylic acids is 1. The van der Waals surface area contributed by atoms with Gasteiger partial charge in [0.05, 0.1) is 55.4 Å². The zero-order valence-corrected chi connectivity index (χ0v) is 44.2. The molecule has 0 unspecified atom stereocenters. The smallest absolute Gasteiger partial charge is 0.335 e. The SMILES string of the molecule is CC(C)(C)c1cc(-c2c3nc(c(C#Cc4ccc([N+](=O)[O-])cc4)c4nc(c(-c5cc(C(C)(C)C)cc(C(C)(C)C)c5)c5ccc([nH]5)c(C#Cc5ccc(C(=O)O)cc5)c5ccc2[nH]5)C=C4)C=C3)cc(C(C)(C)C)c1. The van der Waals surface area contributed by atoms with Gasteiger partial charge in [0.2, 0.25) is 0 Å². The first-order chi connectivity index (χ1) is 34.8. The molecular formula is C65H61N5O4. The van der Waals surface area contributed by atoms with E-state index in [0.29, 0.717) is 33.6 Å². The van der Waals surface area contributed by atoms with Gasteiger partial charge in [-0.15, -0.1) is 0 Å². The van der Waals surface area contributed by atoms with Gasteiger partial charge in [0.15, 0.2) is 0 Å². The Bertz CT molecular complexity index is 3570. The lowest BCUT2D eigenvalue weighted by Gasteiger charge is -2.26. The molecule has 3 aromatic heterocycles. The van der Waals surface area contributed by atoms with Gasteiger partial charge in [0.1, 0.15) is 0 Å². The number of carboxylic acids is 1. The molecular weight excluding hydrogens is 915 g/mol. The van der Waals surface area contributed by atoms with Crippen molar-refractivity contribution in [3.8, 4) is 45.9 Å². The van der Waals surface area contributed by atoms with E-state index in [4.69, 9.17) is 9.97 Å². The van der Waals surface area contributed by atoms with Crippen molar-refractivity contribution in [3.05, 3.63) is 192 Å². The normalized spacial score (nSPS) is 12.5. The van der Waals surface area contributed by atoms with Crippen LogP contribution in [0, 0.1) is 33.8 Å². The number of fused-ring (bicyclic) bond motifs is 8. The van der Waals surface area contributed by atoms with Crippen molar-refractivity contribution in [3.63, 3.8) is 0 Å². The average molecular weight is 976 g/mol. The predicted molar refractivity (Wildman–Crippen MR) is 303 cm³/mol. The Labute approximate surface area is 433 Å². The summed E-state index contributed by atoms with van der Waals surface area (Å²) in [6, 6.07) is 34.8. The molecule has 9 rings (SSSR count). The van der Waals surface area contributed by atoms with Crippen LogP contribution >= 0.6 is 0 Å². The number of hydrogen-bond donors (Lipinski definition) is 3. The number of H-pyrrole nitrogens is 2. The van der Waals surface area contributed by atoms with Crippen LogP contribution in [0.5, 0.6) is 0 Å². The molecule has 7 aromatic rings. The highest BCUT2D eigenvalue weighted by molar-refractivity contribution is 5.96. The van der Waals surface area contributed by atoms with Crippen molar-refractivity contribution >= 4 is 58.0 Å². The number of nitro benzene ring substituents is 1. The quantitative estimate of drug-likeness (QED) is 0.0912. The van der Waals surface area contributed by atoms with Gasteiger partial charge in [-0.1, -0.05) is 143 Å². The van der Waals surface area contributed by atoms with E-state index in [1.165, 1.54) is 34.4 Å². The molecule has 2 aliphatic rings. The zero-order valence-electron chi connectivity index (χ0n) is 44.2. The van der Waals surface area contributed by atoms with E-state index in [9.17, 15) is 20.0 Å². The first-order valence-electron chi connectivity index (χ1n) is 24.9. The van der Waals surface area contributed by atoms with Crippen molar-refractivity contribution in [2.45, 2.75) is 105 Å². The van der Waals surface area contributed by atoms with Crippen LogP contribution in [-0.2, 0) is 21.7 Å². The lowest BCUT2D eigenvalue weighted by Crippen LogP contribution is -2.16. The molecule has 0 saturated heterocycles. The van der Waals surface area contributed by atoms with Gasteiger partial charge in [0.25, 0.3) is 5.69 Å². The summed E-state index contributed by atoms with van der Waals surface area (Å²) in [5.41, 5.74) is 16.5. The second kappa shape index (κ2) is 18.8. The number of nitrogens with one attached hydrogen (secondary N) is 2. The molecule has 9 heteroatoms. The Morgan fingerprint density at radius 2 is 0.824 bits per heavy atom. The van der Waals surface area contributed by atoms with Crippen molar-refractivity contribution in [1.82, 2.24) is 19.9 Å². The number of aromatic amines is 2. The van der Waals surface area contributed by atoms with Gasteiger partial charge in [-0.2, -0.15) is 0 Å². The minimum atomic E-state index is -0.999. The summed E-state index contributed by atoms with van der Waals surface area (Å²) in [5.74, 6) is 12.6. The average Bonchev–Trinajstić information content (AvgIpc) is 4.19. The monoisotopic (exact) mass is 975 g/mol. The van der Waals surface area contributed by atoms with Crippen LogP contribution in [0.2, 0.25) is 0 Å². The molecule has 0 amide bonds. The van der Waals surface area contributed by atoms with Crippen molar-refractivity contribution in [2.24, 2.45) is 0 Å². The summed E-state index contributed by atoms with van der Waals surface area (Å²) in [7, 11) is 0. The summed E-state index contributed by atoms with van der Waals surface area (Å²) in [6.45, 7) is 26.8. The van der Waals surface area contributed by atoms with Crippen LogP contribution in [0.3, 0.4) is 0 Å². The third-order valence-corrected chi connectivity index (χ3v) is 13.5. The number of carboxylic acid groups (broad SMARTS) is 1. The molecule has 0 radical (unpaired) electrons. The van der Waals surface area contributed by atoms with E-state index in [2.05, 4.69) is 177 Å².